The molecule has 1 aliphatic heterocycles. The fourth-order valence-electron chi connectivity index (χ4n) is 2.98. The van der Waals surface area contributed by atoms with E-state index in [1.54, 1.807) is 12.1 Å². The maximum absolute atomic E-state index is 14.1. The number of rotatable bonds is 2. The number of fused-ring (bicyclic) bond motifs is 1. The Morgan fingerprint density at radius 2 is 1.88 bits per heavy atom. The molecule has 0 saturated carbocycles. The Morgan fingerprint density at radius 1 is 1.12 bits per heavy atom. The molecule has 0 N–H and O–H groups in total. The Kier molecular flexibility index (Phi) is 4.30. The zero-order chi connectivity index (χ0) is 17.3. The van der Waals surface area contributed by atoms with Crippen LogP contribution in [0.2, 0.25) is 0 Å². The van der Waals surface area contributed by atoms with Gasteiger partial charge in [-0.3, -0.25) is 4.79 Å². The highest BCUT2D eigenvalue weighted by Gasteiger charge is 2.31. The van der Waals surface area contributed by atoms with Crippen LogP contribution in [-0.2, 0) is 23.8 Å². The van der Waals surface area contributed by atoms with E-state index in [9.17, 15) is 22.4 Å². The standard InChI is InChI=1S/C18H15F4NO/c19-15-8-2-5-13-6-3-9-23(17(13)15)16(24)11-12-4-1-7-14(10-12)18(20,21)22/h1-2,4-5,7-8,10H,3,6,9,11H2. The zero-order valence-corrected chi connectivity index (χ0v) is 12.7. The normalized spacial score (nSPS) is 14.4. The summed E-state index contributed by atoms with van der Waals surface area (Å²) in [7, 11) is 0. The van der Waals surface area contributed by atoms with Gasteiger partial charge >= 0.3 is 6.18 Å². The molecule has 126 valence electrons. The van der Waals surface area contributed by atoms with Crippen LogP contribution in [-0.4, -0.2) is 12.5 Å². The highest BCUT2D eigenvalue weighted by molar-refractivity contribution is 5.96. The molecule has 0 atom stereocenters. The Morgan fingerprint density at radius 3 is 2.62 bits per heavy atom. The molecular formula is C18H15F4NO. The average molecular weight is 337 g/mol. The van der Waals surface area contributed by atoms with Gasteiger partial charge in [-0.25, -0.2) is 4.39 Å². The van der Waals surface area contributed by atoms with Crippen LogP contribution in [0.25, 0.3) is 0 Å². The van der Waals surface area contributed by atoms with E-state index in [1.807, 2.05) is 0 Å². The van der Waals surface area contributed by atoms with Gasteiger partial charge in [0.25, 0.3) is 0 Å². The van der Waals surface area contributed by atoms with Crippen LogP contribution < -0.4 is 4.90 Å². The van der Waals surface area contributed by atoms with Crippen molar-refractivity contribution in [1.82, 2.24) is 0 Å². The minimum absolute atomic E-state index is 0.197. The molecule has 0 aromatic heterocycles. The average Bonchev–Trinajstić information content (AvgIpc) is 2.54. The van der Waals surface area contributed by atoms with E-state index in [0.717, 1.165) is 17.7 Å². The molecule has 2 aromatic rings. The van der Waals surface area contributed by atoms with Crippen LogP contribution in [0.15, 0.2) is 42.5 Å². The van der Waals surface area contributed by atoms with E-state index in [1.165, 1.54) is 23.1 Å². The number of hydrogen-bond donors (Lipinski definition) is 0. The van der Waals surface area contributed by atoms with Gasteiger partial charge < -0.3 is 4.90 Å². The highest BCUT2D eigenvalue weighted by Crippen LogP contribution is 2.32. The van der Waals surface area contributed by atoms with Gasteiger partial charge in [-0.2, -0.15) is 13.2 Å². The van der Waals surface area contributed by atoms with Crippen LogP contribution in [0.3, 0.4) is 0 Å². The lowest BCUT2D eigenvalue weighted by atomic mass is 10.00. The third-order valence-corrected chi connectivity index (χ3v) is 4.08. The maximum atomic E-state index is 14.1. The highest BCUT2D eigenvalue weighted by atomic mass is 19.4. The zero-order valence-electron chi connectivity index (χ0n) is 12.7. The number of amides is 1. The lowest BCUT2D eigenvalue weighted by molar-refractivity contribution is -0.137. The third kappa shape index (κ3) is 3.27. The van der Waals surface area contributed by atoms with E-state index in [0.29, 0.717) is 19.4 Å². The minimum Gasteiger partial charge on any atom is -0.309 e. The second kappa shape index (κ2) is 6.26. The number of carbonyl (C=O) groups is 1. The summed E-state index contributed by atoms with van der Waals surface area (Å²) in [6.45, 7) is 0.367. The predicted molar refractivity (Wildman–Crippen MR) is 82.2 cm³/mol. The van der Waals surface area contributed by atoms with Gasteiger partial charge in [0.2, 0.25) is 5.91 Å². The van der Waals surface area contributed by atoms with Crippen molar-refractivity contribution in [2.75, 3.05) is 11.4 Å². The van der Waals surface area contributed by atoms with Gasteiger partial charge in [0.15, 0.2) is 0 Å². The van der Waals surface area contributed by atoms with Crippen LogP contribution in [0.4, 0.5) is 23.2 Å². The molecule has 0 aliphatic carbocycles. The van der Waals surface area contributed by atoms with Crippen LogP contribution in [0, 0.1) is 5.82 Å². The Balaban J connectivity index is 1.85. The van der Waals surface area contributed by atoms with Crippen molar-refractivity contribution in [3.63, 3.8) is 0 Å². The van der Waals surface area contributed by atoms with Crippen molar-refractivity contribution in [3.8, 4) is 0 Å². The summed E-state index contributed by atoms with van der Waals surface area (Å²) in [5.41, 5.74) is 0.468. The monoisotopic (exact) mass is 337 g/mol. The number of alkyl halides is 3. The number of benzene rings is 2. The molecule has 1 heterocycles. The number of nitrogens with zero attached hydrogens (tertiary/aromatic N) is 1. The molecular weight excluding hydrogens is 322 g/mol. The smallest absolute Gasteiger partial charge is 0.309 e. The van der Waals surface area contributed by atoms with Gasteiger partial charge in [-0.15, -0.1) is 0 Å². The lowest BCUT2D eigenvalue weighted by Gasteiger charge is -2.30. The van der Waals surface area contributed by atoms with E-state index >= 15 is 0 Å². The molecule has 0 unspecified atom stereocenters. The van der Waals surface area contributed by atoms with Gasteiger partial charge in [0.1, 0.15) is 5.82 Å². The van der Waals surface area contributed by atoms with Crippen LogP contribution >= 0.6 is 0 Å². The second-order valence-electron chi connectivity index (χ2n) is 5.77. The largest absolute Gasteiger partial charge is 0.416 e. The van der Waals surface area contributed by atoms with E-state index < -0.39 is 23.5 Å². The summed E-state index contributed by atoms with van der Waals surface area (Å²) in [5.74, 6) is -0.884. The molecule has 1 aliphatic rings. The second-order valence-corrected chi connectivity index (χ2v) is 5.77. The lowest BCUT2D eigenvalue weighted by Crippen LogP contribution is -2.37. The summed E-state index contributed by atoms with van der Waals surface area (Å²) in [6, 6.07) is 9.31. The quantitative estimate of drug-likeness (QED) is 0.746. The molecule has 0 radical (unpaired) electrons. The van der Waals surface area contributed by atoms with E-state index in [2.05, 4.69) is 0 Å². The molecule has 0 bridgehead atoms. The fourth-order valence-corrected chi connectivity index (χ4v) is 2.98. The first-order valence-corrected chi connectivity index (χ1v) is 7.60. The number of aryl methyl sites for hydroxylation is 1. The maximum Gasteiger partial charge on any atom is 0.416 e. The Labute approximate surface area is 136 Å². The van der Waals surface area contributed by atoms with E-state index in [-0.39, 0.29) is 17.7 Å². The number of anilines is 1. The minimum atomic E-state index is -4.46. The SMILES string of the molecule is O=C(Cc1cccc(C(F)(F)F)c1)N1CCCc2cccc(F)c21. The van der Waals surface area contributed by atoms with Crippen molar-refractivity contribution >= 4 is 11.6 Å². The molecule has 0 spiro atoms. The third-order valence-electron chi connectivity index (χ3n) is 4.08. The molecule has 0 saturated heterocycles. The van der Waals surface area contributed by atoms with Gasteiger partial charge in [-0.1, -0.05) is 30.3 Å². The molecule has 2 nitrogen and oxygen atoms in total. The van der Waals surface area contributed by atoms with Crippen LogP contribution in [0.5, 0.6) is 0 Å². The fraction of sp³-hybridized carbons (Fsp3) is 0.278. The van der Waals surface area contributed by atoms with Crippen molar-refractivity contribution < 1.29 is 22.4 Å². The number of para-hydroxylation sites is 1. The number of carbonyl (C=O) groups excluding carboxylic acids is 1. The first kappa shape index (κ1) is 16.5. The summed E-state index contributed by atoms with van der Waals surface area (Å²) < 4.78 is 52.4. The summed E-state index contributed by atoms with van der Waals surface area (Å²) >= 11 is 0. The van der Waals surface area contributed by atoms with Crippen molar-refractivity contribution in [1.29, 1.82) is 0 Å². The number of hydrogen-bond acceptors (Lipinski definition) is 1. The summed E-state index contributed by atoms with van der Waals surface area (Å²) in [5, 5.41) is 0. The molecule has 0 fully saturated rings. The predicted octanol–water partition coefficient (Wildman–Crippen LogP) is 4.37. The Bertz CT molecular complexity index is 770. The van der Waals surface area contributed by atoms with E-state index in [4.69, 9.17) is 0 Å². The van der Waals surface area contributed by atoms with Crippen molar-refractivity contribution in [3.05, 3.63) is 65.0 Å². The molecule has 24 heavy (non-hydrogen) atoms. The summed E-state index contributed by atoms with van der Waals surface area (Å²) in [4.78, 5) is 13.9. The van der Waals surface area contributed by atoms with Crippen molar-refractivity contribution in [2.45, 2.75) is 25.4 Å². The topological polar surface area (TPSA) is 20.3 Å². The van der Waals surface area contributed by atoms with Crippen LogP contribution in [0.1, 0.15) is 23.1 Å². The molecule has 2 aromatic carbocycles. The Hall–Kier alpha value is -2.37. The molecule has 1 amide bonds. The van der Waals surface area contributed by atoms with Gasteiger partial charge in [-0.05, 0) is 36.1 Å². The molecule has 3 rings (SSSR count). The first-order valence-electron chi connectivity index (χ1n) is 7.60. The summed E-state index contributed by atoms with van der Waals surface area (Å²) in [6.07, 6.45) is -3.27. The van der Waals surface area contributed by atoms with Gasteiger partial charge in [0.05, 0.1) is 17.7 Å². The van der Waals surface area contributed by atoms with Gasteiger partial charge in [0, 0.05) is 6.54 Å². The first-order chi connectivity index (χ1) is 11.4. The number of halogens is 4. The molecule has 6 heteroatoms. The van der Waals surface area contributed by atoms with Crippen molar-refractivity contribution in [2.24, 2.45) is 0 Å².